The molecule has 0 fully saturated rings. The number of hydrogen-bond donors (Lipinski definition) is 4. The fourth-order valence-electron chi connectivity index (χ4n) is 1.01. The Labute approximate surface area is 93.4 Å². The van der Waals surface area contributed by atoms with E-state index in [4.69, 9.17) is 16.7 Å². The Balaban J connectivity index is 2.81. The van der Waals surface area contributed by atoms with E-state index in [2.05, 4.69) is 10.4 Å². The molecule has 0 radical (unpaired) electrons. The van der Waals surface area contributed by atoms with Crippen molar-refractivity contribution in [1.29, 1.82) is 0 Å². The van der Waals surface area contributed by atoms with E-state index >= 15 is 0 Å². The highest BCUT2D eigenvalue weighted by Gasteiger charge is 2.06. The molecule has 0 heterocycles. The molecule has 7 N–H and O–H groups in total. The highest BCUT2D eigenvalue weighted by molar-refractivity contribution is 7.89. The van der Waals surface area contributed by atoms with Gasteiger partial charge in [0.25, 0.3) is 0 Å². The third-order valence-corrected chi connectivity index (χ3v) is 2.76. The fraction of sp³-hybridized carbons (Fsp3) is 0.125. The molecule has 0 saturated heterocycles. The number of nitrogens with zero attached hydrogens (tertiary/aromatic N) is 1. The number of guanidine groups is 1. The van der Waals surface area contributed by atoms with Crippen LogP contribution in [-0.2, 0) is 16.6 Å². The molecule has 7 nitrogen and oxygen atoms in total. The van der Waals surface area contributed by atoms with Gasteiger partial charge in [-0.15, -0.1) is 0 Å². The molecule has 1 aromatic carbocycles. The van der Waals surface area contributed by atoms with Gasteiger partial charge >= 0.3 is 0 Å². The summed E-state index contributed by atoms with van der Waals surface area (Å²) in [5.41, 5.74) is 8.30. The summed E-state index contributed by atoms with van der Waals surface area (Å²) in [5, 5.41) is 4.95. The minimum absolute atomic E-state index is 0.0603. The quantitative estimate of drug-likeness (QED) is 0.224. The number of nitrogens with two attached hydrogens (primary N) is 3. The maximum Gasteiger partial charge on any atom is 0.238 e. The lowest BCUT2D eigenvalue weighted by Crippen LogP contribution is -2.37. The summed E-state index contributed by atoms with van der Waals surface area (Å²) in [5.74, 6) is 5.12. The van der Waals surface area contributed by atoms with E-state index in [0.29, 0.717) is 6.54 Å². The fourth-order valence-corrected chi connectivity index (χ4v) is 1.52. The van der Waals surface area contributed by atoms with E-state index in [0.717, 1.165) is 5.56 Å². The third kappa shape index (κ3) is 3.50. The number of hydrazine groups is 1. The van der Waals surface area contributed by atoms with Crippen LogP contribution in [0.15, 0.2) is 34.2 Å². The summed E-state index contributed by atoms with van der Waals surface area (Å²) in [4.78, 5) is 3.94. The van der Waals surface area contributed by atoms with E-state index in [1.807, 2.05) is 0 Å². The molecule has 0 aliphatic rings. The second kappa shape index (κ2) is 4.92. The molecule has 0 bridgehead atoms. The number of sulfonamides is 1. The molecule has 1 aromatic rings. The van der Waals surface area contributed by atoms with Gasteiger partial charge in [-0.2, -0.15) is 0 Å². The maximum absolute atomic E-state index is 11.0. The largest absolute Gasteiger partial charge is 0.369 e. The van der Waals surface area contributed by atoms with E-state index in [9.17, 15) is 8.42 Å². The standard InChI is InChI=1S/C8H13N5O2S/c9-8(13-10)12-5-6-1-3-7(4-2-6)16(11,14)15/h1-4H,5,10H2,(H3,9,12,13)(H2,11,14,15). The normalized spacial score (nSPS) is 12.5. The lowest BCUT2D eigenvalue weighted by molar-refractivity contribution is 0.598. The summed E-state index contributed by atoms with van der Waals surface area (Å²) >= 11 is 0. The number of aliphatic imine (C=N–C) groups is 1. The summed E-state index contributed by atoms with van der Waals surface area (Å²) in [6.07, 6.45) is 0. The predicted octanol–water partition coefficient (Wildman–Crippen LogP) is -1.39. The van der Waals surface area contributed by atoms with Gasteiger partial charge in [0.05, 0.1) is 11.4 Å². The molecule has 0 spiro atoms. The lowest BCUT2D eigenvalue weighted by atomic mass is 10.2. The van der Waals surface area contributed by atoms with Gasteiger partial charge in [-0.3, -0.25) is 5.43 Å². The summed E-state index contributed by atoms with van der Waals surface area (Å²) in [6, 6.07) is 6.03. The van der Waals surface area contributed by atoms with Crippen molar-refractivity contribution in [2.75, 3.05) is 0 Å². The van der Waals surface area contributed by atoms with Gasteiger partial charge in [0.2, 0.25) is 16.0 Å². The molecular formula is C8H13N5O2S. The molecule has 1 rings (SSSR count). The van der Waals surface area contributed by atoms with Gasteiger partial charge in [-0.1, -0.05) is 12.1 Å². The summed E-state index contributed by atoms with van der Waals surface area (Å²) in [7, 11) is -3.65. The Morgan fingerprint density at radius 3 is 2.31 bits per heavy atom. The molecule has 0 atom stereocenters. The molecule has 0 aliphatic carbocycles. The van der Waals surface area contributed by atoms with Crippen LogP contribution in [0.25, 0.3) is 0 Å². The second-order valence-electron chi connectivity index (χ2n) is 3.03. The minimum Gasteiger partial charge on any atom is -0.369 e. The molecule has 16 heavy (non-hydrogen) atoms. The monoisotopic (exact) mass is 243 g/mol. The zero-order chi connectivity index (χ0) is 12.2. The minimum atomic E-state index is -3.65. The van der Waals surface area contributed by atoms with Crippen LogP contribution in [0.4, 0.5) is 0 Å². The van der Waals surface area contributed by atoms with Crippen LogP contribution in [0.5, 0.6) is 0 Å². The van der Waals surface area contributed by atoms with E-state index in [1.165, 1.54) is 12.1 Å². The zero-order valence-corrected chi connectivity index (χ0v) is 9.24. The van der Waals surface area contributed by atoms with Crippen molar-refractivity contribution in [2.45, 2.75) is 11.4 Å². The smallest absolute Gasteiger partial charge is 0.238 e. The highest BCUT2D eigenvalue weighted by atomic mass is 32.2. The second-order valence-corrected chi connectivity index (χ2v) is 4.60. The molecule has 0 aliphatic heterocycles. The van der Waals surface area contributed by atoms with Crippen molar-refractivity contribution in [1.82, 2.24) is 5.43 Å². The molecule has 0 saturated carbocycles. The first-order chi connectivity index (χ1) is 7.43. The van der Waals surface area contributed by atoms with Crippen LogP contribution >= 0.6 is 0 Å². The van der Waals surface area contributed by atoms with Crippen LogP contribution in [0.3, 0.4) is 0 Å². The predicted molar refractivity (Wildman–Crippen MR) is 60.5 cm³/mol. The van der Waals surface area contributed by atoms with Crippen LogP contribution in [0, 0.1) is 0 Å². The Morgan fingerprint density at radius 1 is 1.31 bits per heavy atom. The first kappa shape index (κ1) is 12.4. The molecule has 0 amide bonds. The molecule has 0 aromatic heterocycles. The van der Waals surface area contributed by atoms with Gasteiger partial charge in [-0.25, -0.2) is 24.4 Å². The SMILES string of the molecule is NNC(N)=NCc1ccc(S(N)(=O)=O)cc1. The van der Waals surface area contributed by atoms with Crippen molar-refractivity contribution < 1.29 is 8.42 Å². The third-order valence-electron chi connectivity index (χ3n) is 1.83. The van der Waals surface area contributed by atoms with Gasteiger partial charge < -0.3 is 5.73 Å². The van der Waals surface area contributed by atoms with Gasteiger partial charge in [0.15, 0.2) is 0 Å². The molecule has 0 unspecified atom stereocenters. The lowest BCUT2D eigenvalue weighted by Gasteiger charge is -2.01. The van der Waals surface area contributed by atoms with Crippen molar-refractivity contribution in [3.05, 3.63) is 29.8 Å². The molecule has 88 valence electrons. The van der Waals surface area contributed by atoms with Gasteiger partial charge in [0.1, 0.15) is 0 Å². The van der Waals surface area contributed by atoms with Gasteiger partial charge in [-0.05, 0) is 17.7 Å². The molecular weight excluding hydrogens is 230 g/mol. The maximum atomic E-state index is 11.0. The van der Waals surface area contributed by atoms with E-state index in [-0.39, 0.29) is 10.9 Å². The van der Waals surface area contributed by atoms with Crippen LogP contribution < -0.4 is 22.1 Å². The number of nitrogens with one attached hydrogen (secondary N) is 1. The van der Waals surface area contributed by atoms with Crippen molar-refractivity contribution in [2.24, 2.45) is 21.7 Å². The van der Waals surface area contributed by atoms with E-state index in [1.54, 1.807) is 12.1 Å². The zero-order valence-electron chi connectivity index (χ0n) is 8.42. The van der Waals surface area contributed by atoms with Crippen LogP contribution in [0.1, 0.15) is 5.56 Å². The summed E-state index contributed by atoms with van der Waals surface area (Å²) in [6.45, 7) is 0.306. The average molecular weight is 243 g/mol. The van der Waals surface area contributed by atoms with Crippen molar-refractivity contribution in [3.8, 4) is 0 Å². The molecule has 8 heteroatoms. The van der Waals surface area contributed by atoms with Crippen LogP contribution in [-0.4, -0.2) is 14.4 Å². The van der Waals surface area contributed by atoms with Gasteiger partial charge in [0, 0.05) is 0 Å². The van der Waals surface area contributed by atoms with E-state index < -0.39 is 10.0 Å². The van der Waals surface area contributed by atoms with Crippen molar-refractivity contribution in [3.63, 3.8) is 0 Å². The number of hydrogen-bond acceptors (Lipinski definition) is 4. The number of rotatable bonds is 3. The number of benzene rings is 1. The Bertz CT molecular complexity index is 480. The Morgan fingerprint density at radius 2 is 1.88 bits per heavy atom. The highest BCUT2D eigenvalue weighted by Crippen LogP contribution is 2.09. The first-order valence-electron chi connectivity index (χ1n) is 4.32. The Kier molecular flexibility index (Phi) is 3.82. The van der Waals surface area contributed by atoms with Crippen molar-refractivity contribution >= 4 is 16.0 Å². The van der Waals surface area contributed by atoms with Crippen LogP contribution in [0.2, 0.25) is 0 Å². The summed E-state index contributed by atoms with van der Waals surface area (Å²) < 4.78 is 21.9. The first-order valence-corrected chi connectivity index (χ1v) is 5.86. The number of primary sulfonamides is 1. The topological polar surface area (TPSA) is 137 Å². The average Bonchev–Trinajstić information content (AvgIpc) is 2.25. The Hall–Kier alpha value is -1.64.